The van der Waals surface area contributed by atoms with Crippen molar-refractivity contribution in [3.05, 3.63) is 63.5 Å². The number of fused-ring (bicyclic) bond motifs is 1. The normalized spacial score (nSPS) is 11.0. The third-order valence-corrected chi connectivity index (χ3v) is 5.28. The van der Waals surface area contributed by atoms with Crippen molar-refractivity contribution >= 4 is 27.2 Å². The van der Waals surface area contributed by atoms with Crippen LogP contribution in [-0.4, -0.2) is 10.9 Å². The molecule has 0 aliphatic carbocycles. The van der Waals surface area contributed by atoms with Crippen molar-refractivity contribution in [1.82, 2.24) is 0 Å². The van der Waals surface area contributed by atoms with Crippen molar-refractivity contribution in [2.24, 2.45) is 0 Å². The maximum absolute atomic E-state index is 13.0. The molecule has 0 radical (unpaired) electrons. The molecule has 0 unspecified atom stereocenters. The fourth-order valence-electron chi connectivity index (χ4n) is 2.83. The average molecular weight is 310 g/mol. The van der Waals surface area contributed by atoms with Gasteiger partial charge in [0.1, 0.15) is 5.75 Å². The van der Waals surface area contributed by atoms with E-state index in [1.54, 1.807) is 23.5 Å². The summed E-state index contributed by atoms with van der Waals surface area (Å²) < 4.78 is 1.15. The summed E-state index contributed by atoms with van der Waals surface area (Å²) in [7, 11) is 0. The number of ketones is 1. The Morgan fingerprint density at radius 3 is 2.41 bits per heavy atom. The third kappa shape index (κ3) is 2.32. The Kier molecular flexibility index (Phi) is 3.75. The molecule has 3 heteroatoms. The molecule has 0 aliphatic rings. The van der Waals surface area contributed by atoms with Crippen LogP contribution in [0, 0.1) is 13.8 Å². The van der Waals surface area contributed by atoms with Gasteiger partial charge in [-0.1, -0.05) is 25.1 Å². The van der Waals surface area contributed by atoms with Crippen LogP contribution in [0.3, 0.4) is 0 Å². The number of rotatable bonds is 3. The minimum Gasteiger partial charge on any atom is -0.507 e. The number of phenols is 1. The average Bonchev–Trinajstić information content (AvgIpc) is 2.89. The fraction of sp³-hybridized carbons (Fsp3) is 0.211. The van der Waals surface area contributed by atoms with Gasteiger partial charge in [-0.25, -0.2) is 0 Å². The summed E-state index contributed by atoms with van der Waals surface area (Å²) in [4.78, 5) is 14.2. The lowest BCUT2D eigenvalue weighted by molar-refractivity contribution is 0.103. The molecule has 0 saturated heterocycles. The molecule has 1 N–H and O–H groups in total. The Morgan fingerprint density at radius 2 is 1.77 bits per heavy atom. The van der Waals surface area contributed by atoms with Crippen molar-refractivity contribution in [2.75, 3.05) is 0 Å². The Balaban J connectivity index is 2.21. The Morgan fingerprint density at radius 1 is 1.14 bits per heavy atom. The molecular formula is C19H18O2S. The van der Waals surface area contributed by atoms with Crippen molar-refractivity contribution < 1.29 is 9.90 Å². The maximum Gasteiger partial charge on any atom is 0.194 e. The van der Waals surface area contributed by atoms with Gasteiger partial charge in [0.25, 0.3) is 0 Å². The third-order valence-electron chi connectivity index (χ3n) is 3.97. The quantitative estimate of drug-likeness (QED) is 0.690. The first kappa shape index (κ1) is 14.8. The summed E-state index contributed by atoms with van der Waals surface area (Å²) in [6, 6.07) is 11.6. The standard InChI is InChI=1S/C19H18O2S/c1-4-15-17(14-7-5-6-8-16(14)22-15)19(21)13-9-11(2)18(20)12(3)10-13/h5-10,20H,4H2,1-3H3. The number of aromatic hydroxyl groups is 1. The van der Waals surface area contributed by atoms with E-state index in [2.05, 4.69) is 13.0 Å². The summed E-state index contributed by atoms with van der Waals surface area (Å²) >= 11 is 1.69. The molecule has 22 heavy (non-hydrogen) atoms. The van der Waals surface area contributed by atoms with Crippen molar-refractivity contribution in [2.45, 2.75) is 27.2 Å². The molecular weight excluding hydrogens is 292 g/mol. The lowest BCUT2D eigenvalue weighted by Crippen LogP contribution is -2.04. The zero-order valence-electron chi connectivity index (χ0n) is 12.9. The highest BCUT2D eigenvalue weighted by atomic mass is 32.1. The lowest BCUT2D eigenvalue weighted by Gasteiger charge is -2.08. The molecule has 0 atom stereocenters. The molecule has 112 valence electrons. The molecule has 3 aromatic rings. The lowest BCUT2D eigenvalue weighted by atomic mass is 9.96. The second-order valence-corrected chi connectivity index (χ2v) is 6.67. The molecule has 1 heterocycles. The zero-order valence-corrected chi connectivity index (χ0v) is 13.8. The number of thiophene rings is 1. The van der Waals surface area contributed by atoms with Gasteiger partial charge >= 0.3 is 0 Å². The van der Waals surface area contributed by atoms with E-state index in [1.807, 2.05) is 32.0 Å². The molecule has 2 nitrogen and oxygen atoms in total. The summed E-state index contributed by atoms with van der Waals surface area (Å²) in [6.07, 6.45) is 0.844. The highest BCUT2D eigenvalue weighted by molar-refractivity contribution is 7.19. The van der Waals surface area contributed by atoms with Crippen molar-refractivity contribution in [3.8, 4) is 5.75 Å². The van der Waals surface area contributed by atoms with Crippen LogP contribution >= 0.6 is 11.3 Å². The van der Waals surface area contributed by atoms with Gasteiger partial charge in [0.05, 0.1) is 0 Å². The molecule has 1 aromatic heterocycles. The van der Waals surface area contributed by atoms with Gasteiger partial charge in [-0.15, -0.1) is 11.3 Å². The first-order valence-electron chi connectivity index (χ1n) is 7.38. The predicted molar refractivity (Wildman–Crippen MR) is 92.2 cm³/mol. The SMILES string of the molecule is CCc1sc2ccccc2c1C(=O)c1cc(C)c(O)c(C)c1. The molecule has 0 aliphatic heterocycles. The molecule has 2 aromatic carbocycles. The molecule has 0 spiro atoms. The number of aryl methyl sites for hydroxylation is 3. The highest BCUT2D eigenvalue weighted by Crippen LogP contribution is 2.34. The summed E-state index contributed by atoms with van der Waals surface area (Å²) in [5.41, 5.74) is 2.93. The number of carbonyl (C=O) groups is 1. The molecule has 0 saturated carbocycles. The van der Waals surface area contributed by atoms with Gasteiger partial charge in [0.15, 0.2) is 5.78 Å². The van der Waals surface area contributed by atoms with Gasteiger partial charge in [-0.05, 0) is 49.6 Å². The smallest absolute Gasteiger partial charge is 0.194 e. The highest BCUT2D eigenvalue weighted by Gasteiger charge is 2.20. The number of carbonyl (C=O) groups excluding carboxylic acids is 1. The maximum atomic E-state index is 13.0. The van der Waals surface area contributed by atoms with Crippen molar-refractivity contribution in [3.63, 3.8) is 0 Å². The summed E-state index contributed by atoms with van der Waals surface area (Å²) in [6.45, 7) is 5.73. The molecule has 0 amide bonds. The van der Waals surface area contributed by atoms with Crippen LogP contribution < -0.4 is 0 Å². The van der Waals surface area contributed by atoms with E-state index in [0.717, 1.165) is 38.1 Å². The Bertz CT molecular complexity index is 851. The largest absolute Gasteiger partial charge is 0.507 e. The van der Waals surface area contributed by atoms with E-state index in [1.165, 1.54) is 0 Å². The van der Waals surface area contributed by atoms with E-state index in [9.17, 15) is 9.90 Å². The fourth-order valence-corrected chi connectivity index (χ4v) is 3.97. The number of benzene rings is 2. The van der Waals surface area contributed by atoms with E-state index in [-0.39, 0.29) is 11.5 Å². The van der Waals surface area contributed by atoms with Crippen molar-refractivity contribution in [1.29, 1.82) is 0 Å². The van der Waals surface area contributed by atoms with Crippen LogP contribution in [0.4, 0.5) is 0 Å². The number of hydrogen-bond donors (Lipinski definition) is 1. The second kappa shape index (κ2) is 5.58. The molecule has 0 fully saturated rings. The van der Waals surface area contributed by atoms with Crippen LogP contribution in [0.25, 0.3) is 10.1 Å². The summed E-state index contributed by atoms with van der Waals surface area (Å²) in [5, 5.41) is 10.9. The van der Waals surface area contributed by atoms with Gasteiger partial charge in [0.2, 0.25) is 0 Å². The first-order chi connectivity index (χ1) is 10.5. The van der Waals surface area contributed by atoms with Gasteiger partial charge in [-0.2, -0.15) is 0 Å². The Labute approximate surface area is 134 Å². The second-order valence-electron chi connectivity index (χ2n) is 5.54. The van der Waals surface area contributed by atoms with Crippen LogP contribution in [0.5, 0.6) is 5.75 Å². The van der Waals surface area contributed by atoms with Crippen LogP contribution in [0.1, 0.15) is 38.8 Å². The topological polar surface area (TPSA) is 37.3 Å². The van der Waals surface area contributed by atoms with E-state index < -0.39 is 0 Å². The number of phenolic OH excluding ortho intramolecular Hbond substituents is 1. The monoisotopic (exact) mass is 310 g/mol. The minimum atomic E-state index is 0.0421. The van der Waals surface area contributed by atoms with Crippen LogP contribution in [-0.2, 0) is 6.42 Å². The summed E-state index contributed by atoms with van der Waals surface area (Å²) in [5.74, 6) is 0.308. The van der Waals surface area contributed by atoms with Gasteiger partial charge in [-0.3, -0.25) is 4.79 Å². The van der Waals surface area contributed by atoms with Gasteiger partial charge in [0, 0.05) is 26.1 Å². The number of hydrogen-bond acceptors (Lipinski definition) is 3. The zero-order chi connectivity index (χ0) is 15.9. The van der Waals surface area contributed by atoms with E-state index >= 15 is 0 Å². The Hall–Kier alpha value is -2.13. The van der Waals surface area contributed by atoms with Crippen LogP contribution in [0.2, 0.25) is 0 Å². The van der Waals surface area contributed by atoms with Crippen LogP contribution in [0.15, 0.2) is 36.4 Å². The van der Waals surface area contributed by atoms with E-state index in [4.69, 9.17) is 0 Å². The predicted octanol–water partition coefficient (Wildman–Crippen LogP) is 5.02. The first-order valence-corrected chi connectivity index (χ1v) is 8.20. The minimum absolute atomic E-state index is 0.0421. The van der Waals surface area contributed by atoms with Gasteiger partial charge < -0.3 is 5.11 Å². The van der Waals surface area contributed by atoms with E-state index in [0.29, 0.717) is 5.56 Å². The molecule has 0 bridgehead atoms. The molecule has 3 rings (SSSR count).